The second-order valence-corrected chi connectivity index (χ2v) is 7.84. The molecule has 0 aliphatic rings. The molecule has 0 unspecified atom stereocenters. The zero-order valence-corrected chi connectivity index (χ0v) is 16.2. The van der Waals surface area contributed by atoms with Gasteiger partial charge in [0.25, 0.3) is 5.89 Å². The molecule has 0 amide bonds. The molecule has 28 heavy (non-hydrogen) atoms. The van der Waals surface area contributed by atoms with Gasteiger partial charge in [0.1, 0.15) is 0 Å². The number of hydrogen-bond acceptors (Lipinski definition) is 7. The molecule has 9 heteroatoms. The molecule has 0 radical (unpaired) electrons. The number of esters is 1. The van der Waals surface area contributed by atoms with Gasteiger partial charge in [-0.25, -0.2) is 13.2 Å². The van der Waals surface area contributed by atoms with E-state index in [2.05, 4.69) is 21.8 Å². The van der Waals surface area contributed by atoms with Crippen molar-refractivity contribution in [1.82, 2.24) is 10.1 Å². The Morgan fingerprint density at radius 3 is 2.61 bits per heavy atom. The maximum atomic E-state index is 12.2. The van der Waals surface area contributed by atoms with Crippen molar-refractivity contribution in [3.05, 3.63) is 65.5 Å². The molecule has 146 valence electrons. The molecule has 0 atom stereocenters. The van der Waals surface area contributed by atoms with Crippen molar-refractivity contribution in [3.8, 4) is 11.4 Å². The van der Waals surface area contributed by atoms with Crippen LogP contribution in [0.3, 0.4) is 0 Å². The van der Waals surface area contributed by atoms with Gasteiger partial charge in [0.2, 0.25) is 15.8 Å². The van der Waals surface area contributed by atoms with Crippen LogP contribution in [0.5, 0.6) is 0 Å². The lowest BCUT2D eigenvalue weighted by atomic mass is 10.1. The third kappa shape index (κ3) is 5.17. The van der Waals surface area contributed by atoms with Gasteiger partial charge in [0.05, 0.1) is 11.8 Å². The molecule has 0 fully saturated rings. The smallest absolute Gasteiger partial charge is 0.338 e. The van der Waals surface area contributed by atoms with Gasteiger partial charge in [0, 0.05) is 11.3 Å². The molecule has 1 heterocycles. The van der Waals surface area contributed by atoms with Crippen molar-refractivity contribution in [3.63, 3.8) is 0 Å². The molecule has 0 bridgehead atoms. The molecule has 8 nitrogen and oxygen atoms in total. The van der Waals surface area contributed by atoms with Crippen LogP contribution in [-0.4, -0.2) is 30.8 Å². The number of aromatic nitrogens is 2. The second kappa shape index (κ2) is 8.22. The molecule has 1 N–H and O–H groups in total. The summed E-state index contributed by atoms with van der Waals surface area (Å²) in [5.41, 5.74) is 2.48. The first-order valence-electron chi connectivity index (χ1n) is 8.51. The van der Waals surface area contributed by atoms with Crippen molar-refractivity contribution in [2.75, 3.05) is 11.0 Å². The summed E-state index contributed by atoms with van der Waals surface area (Å²) >= 11 is 0. The maximum Gasteiger partial charge on any atom is 0.338 e. The number of benzene rings is 2. The standard InChI is InChI=1S/C19H19N3O5S/c1-3-13-7-9-14(10-8-13)18-20-17(27-21-18)12-26-19(23)15-5-4-6-16(11-15)22-28(2,24)25/h4-11,22H,3,12H2,1-2H3. The Morgan fingerprint density at radius 1 is 1.18 bits per heavy atom. The average Bonchev–Trinajstić information content (AvgIpc) is 3.14. The first-order valence-corrected chi connectivity index (χ1v) is 10.4. The van der Waals surface area contributed by atoms with E-state index >= 15 is 0 Å². The van der Waals surface area contributed by atoms with Crippen molar-refractivity contribution >= 4 is 21.7 Å². The fourth-order valence-corrected chi connectivity index (χ4v) is 3.01. The molecule has 0 aliphatic heterocycles. The number of anilines is 1. The highest BCUT2D eigenvalue weighted by atomic mass is 32.2. The monoisotopic (exact) mass is 401 g/mol. The van der Waals surface area contributed by atoms with Gasteiger partial charge >= 0.3 is 5.97 Å². The van der Waals surface area contributed by atoms with Gasteiger partial charge in [-0.05, 0) is 30.2 Å². The van der Waals surface area contributed by atoms with Gasteiger partial charge in [-0.15, -0.1) is 0 Å². The largest absolute Gasteiger partial charge is 0.452 e. The minimum absolute atomic E-state index is 0.160. The molecule has 0 saturated carbocycles. The number of carbonyl (C=O) groups is 1. The number of nitrogens with one attached hydrogen (secondary N) is 1. The molecule has 3 aromatic rings. The summed E-state index contributed by atoms with van der Waals surface area (Å²) in [6.07, 6.45) is 1.97. The van der Waals surface area contributed by atoms with Crippen LogP contribution in [0.25, 0.3) is 11.4 Å². The Balaban J connectivity index is 1.63. The van der Waals surface area contributed by atoms with Crippen molar-refractivity contribution in [2.24, 2.45) is 0 Å². The van der Waals surface area contributed by atoms with E-state index in [-0.39, 0.29) is 23.7 Å². The quantitative estimate of drug-likeness (QED) is 0.606. The topological polar surface area (TPSA) is 111 Å². The Kier molecular flexibility index (Phi) is 5.74. The highest BCUT2D eigenvalue weighted by molar-refractivity contribution is 7.92. The third-order valence-electron chi connectivity index (χ3n) is 3.82. The predicted octanol–water partition coefficient (Wildman–Crippen LogP) is 3.03. The minimum atomic E-state index is -3.44. The Hall–Kier alpha value is -3.20. The summed E-state index contributed by atoms with van der Waals surface area (Å²) in [4.78, 5) is 16.4. The van der Waals surface area contributed by atoms with E-state index in [0.29, 0.717) is 5.82 Å². The summed E-state index contributed by atoms with van der Waals surface area (Å²) in [6, 6.07) is 13.8. The Labute approximate surface area is 162 Å². The van der Waals surface area contributed by atoms with Crippen LogP contribution in [0.1, 0.15) is 28.7 Å². The van der Waals surface area contributed by atoms with E-state index in [9.17, 15) is 13.2 Å². The molecule has 0 spiro atoms. The number of sulfonamides is 1. The number of aryl methyl sites for hydroxylation is 1. The van der Waals surface area contributed by atoms with E-state index < -0.39 is 16.0 Å². The van der Waals surface area contributed by atoms with E-state index in [1.165, 1.54) is 23.8 Å². The van der Waals surface area contributed by atoms with Crippen LogP contribution in [0.4, 0.5) is 5.69 Å². The SMILES string of the molecule is CCc1ccc(-c2noc(COC(=O)c3cccc(NS(C)(=O)=O)c3)n2)cc1. The molecular formula is C19H19N3O5S. The summed E-state index contributed by atoms with van der Waals surface area (Å²) < 4.78 is 35.2. The van der Waals surface area contributed by atoms with Gasteiger partial charge in [-0.1, -0.05) is 42.4 Å². The second-order valence-electron chi connectivity index (χ2n) is 6.09. The normalized spacial score (nSPS) is 11.2. The minimum Gasteiger partial charge on any atom is -0.452 e. The highest BCUT2D eigenvalue weighted by Gasteiger charge is 2.13. The van der Waals surface area contributed by atoms with Gasteiger partial charge in [-0.3, -0.25) is 4.72 Å². The fraction of sp³-hybridized carbons (Fsp3) is 0.211. The molecule has 2 aromatic carbocycles. The van der Waals surface area contributed by atoms with E-state index in [0.717, 1.165) is 18.2 Å². The van der Waals surface area contributed by atoms with Crippen LogP contribution in [0.15, 0.2) is 53.1 Å². The zero-order valence-electron chi connectivity index (χ0n) is 15.4. The summed E-state index contributed by atoms with van der Waals surface area (Å²) in [5.74, 6) is -0.0643. The van der Waals surface area contributed by atoms with Crippen molar-refractivity contribution < 1.29 is 22.5 Å². The number of hydrogen-bond donors (Lipinski definition) is 1. The van der Waals surface area contributed by atoms with E-state index in [4.69, 9.17) is 9.26 Å². The van der Waals surface area contributed by atoms with Gasteiger partial charge in [-0.2, -0.15) is 4.98 Å². The van der Waals surface area contributed by atoms with Crippen molar-refractivity contribution in [1.29, 1.82) is 0 Å². The van der Waals surface area contributed by atoms with Crippen molar-refractivity contribution in [2.45, 2.75) is 20.0 Å². The predicted molar refractivity (Wildman–Crippen MR) is 103 cm³/mol. The molecular weight excluding hydrogens is 382 g/mol. The highest BCUT2D eigenvalue weighted by Crippen LogP contribution is 2.18. The zero-order chi connectivity index (χ0) is 20.1. The number of ether oxygens (including phenoxy) is 1. The van der Waals surface area contributed by atoms with Gasteiger partial charge in [0.15, 0.2) is 6.61 Å². The fourth-order valence-electron chi connectivity index (χ4n) is 2.45. The maximum absolute atomic E-state index is 12.2. The average molecular weight is 401 g/mol. The summed E-state index contributed by atoms with van der Waals surface area (Å²) in [6.45, 7) is 1.88. The number of nitrogens with zero attached hydrogens (tertiary/aromatic N) is 2. The van der Waals surface area contributed by atoms with E-state index in [1.807, 2.05) is 24.3 Å². The molecule has 3 rings (SSSR count). The van der Waals surface area contributed by atoms with Gasteiger partial charge < -0.3 is 9.26 Å². The first-order chi connectivity index (χ1) is 13.3. The summed E-state index contributed by atoms with van der Waals surface area (Å²) in [5, 5.41) is 3.89. The number of rotatable bonds is 7. The van der Waals surface area contributed by atoms with Crippen LogP contribution >= 0.6 is 0 Å². The first kappa shape index (κ1) is 19.6. The molecule has 0 aliphatic carbocycles. The van der Waals surface area contributed by atoms with Crippen LogP contribution in [0.2, 0.25) is 0 Å². The molecule has 0 saturated heterocycles. The Morgan fingerprint density at radius 2 is 1.93 bits per heavy atom. The summed E-state index contributed by atoms with van der Waals surface area (Å²) in [7, 11) is -3.44. The van der Waals surface area contributed by atoms with Crippen LogP contribution in [-0.2, 0) is 27.8 Å². The lowest BCUT2D eigenvalue weighted by Gasteiger charge is -2.06. The number of carbonyl (C=O) groups excluding carboxylic acids is 1. The van der Waals surface area contributed by atoms with E-state index in [1.54, 1.807) is 6.07 Å². The van der Waals surface area contributed by atoms with Crippen LogP contribution in [0, 0.1) is 0 Å². The lowest BCUT2D eigenvalue weighted by Crippen LogP contribution is -2.11. The van der Waals surface area contributed by atoms with Crippen LogP contribution < -0.4 is 4.72 Å². The third-order valence-corrected chi connectivity index (χ3v) is 4.42. The lowest BCUT2D eigenvalue weighted by molar-refractivity contribution is 0.0430. The molecule has 1 aromatic heterocycles. The Bertz CT molecular complexity index is 1070.